The van der Waals surface area contributed by atoms with Gasteiger partial charge in [0.05, 0.1) is 19.6 Å². The maximum Gasteiger partial charge on any atom is 0.247 e. The number of fused-ring (bicyclic) bond motifs is 1. The average molecular weight is 487 g/mol. The van der Waals surface area contributed by atoms with Gasteiger partial charge in [-0.1, -0.05) is 55.5 Å². The lowest BCUT2D eigenvalue weighted by atomic mass is 10.0. The van der Waals surface area contributed by atoms with E-state index in [2.05, 4.69) is 0 Å². The van der Waals surface area contributed by atoms with Crippen LogP contribution >= 0.6 is 0 Å². The number of rotatable bonds is 7. The molecule has 8 heteroatoms. The van der Waals surface area contributed by atoms with E-state index in [-0.39, 0.29) is 42.0 Å². The molecule has 1 aliphatic rings. The number of aliphatic hydroxyl groups excluding tert-OH is 1. The first-order chi connectivity index (χ1) is 16.2. The Bertz CT molecular complexity index is 1120. The number of hydrogen-bond donors (Lipinski definition) is 1. The van der Waals surface area contributed by atoms with Crippen molar-refractivity contribution in [2.75, 3.05) is 26.7 Å². The van der Waals surface area contributed by atoms with Crippen molar-refractivity contribution >= 4 is 22.0 Å². The van der Waals surface area contributed by atoms with Crippen molar-refractivity contribution in [3.05, 3.63) is 65.7 Å². The summed E-state index contributed by atoms with van der Waals surface area (Å²) in [6.07, 6.45) is 3.59. The second kappa shape index (κ2) is 11.2. The molecule has 0 radical (unpaired) electrons. The molecule has 0 saturated heterocycles. The van der Waals surface area contributed by atoms with Gasteiger partial charge in [0.2, 0.25) is 15.9 Å². The predicted molar refractivity (Wildman–Crippen MR) is 133 cm³/mol. The Morgan fingerprint density at radius 3 is 2.62 bits per heavy atom. The molecule has 0 unspecified atom stereocenters. The third kappa shape index (κ3) is 5.87. The lowest BCUT2D eigenvalue weighted by Gasteiger charge is -2.37. The van der Waals surface area contributed by atoms with E-state index in [1.165, 1.54) is 4.31 Å². The van der Waals surface area contributed by atoms with E-state index in [9.17, 15) is 18.3 Å². The Labute approximate surface area is 202 Å². The van der Waals surface area contributed by atoms with E-state index < -0.39 is 22.2 Å². The number of nitrogens with zero attached hydrogens (tertiary/aromatic N) is 2. The van der Waals surface area contributed by atoms with Crippen molar-refractivity contribution in [3.8, 4) is 5.75 Å². The third-order valence-corrected chi connectivity index (χ3v) is 8.15. The van der Waals surface area contributed by atoms with Gasteiger partial charge in [0.25, 0.3) is 0 Å². The molecule has 3 atom stereocenters. The summed E-state index contributed by atoms with van der Waals surface area (Å²) >= 11 is 0. The number of amides is 1. The zero-order valence-electron chi connectivity index (χ0n) is 20.2. The van der Waals surface area contributed by atoms with Crippen molar-refractivity contribution in [2.24, 2.45) is 5.92 Å². The van der Waals surface area contributed by atoms with Crippen LogP contribution in [0.3, 0.4) is 0 Å². The van der Waals surface area contributed by atoms with Crippen LogP contribution in [-0.4, -0.2) is 67.5 Å². The number of allylic oxidation sites excluding steroid dienone is 1. The first-order valence-electron chi connectivity index (χ1n) is 11.5. The van der Waals surface area contributed by atoms with Crippen molar-refractivity contribution in [2.45, 2.75) is 44.2 Å². The zero-order chi connectivity index (χ0) is 24.9. The molecular formula is C26H34N2O5S. The Balaban J connectivity index is 1.94. The highest BCUT2D eigenvalue weighted by Gasteiger charge is 2.38. The summed E-state index contributed by atoms with van der Waals surface area (Å²) in [6, 6.07) is 14.0. The molecule has 34 heavy (non-hydrogen) atoms. The van der Waals surface area contributed by atoms with Crippen molar-refractivity contribution in [1.82, 2.24) is 9.21 Å². The molecule has 2 aromatic carbocycles. The SMILES string of the molecule is C/C=C/c1ccc2c(c1)O[C@@H](CN(C)C(=O)Cc1ccccc1)[C@H](C)CN([C@H](C)CO)S2(=O)=O. The van der Waals surface area contributed by atoms with Crippen molar-refractivity contribution < 1.29 is 23.1 Å². The molecule has 0 saturated carbocycles. The van der Waals surface area contributed by atoms with Gasteiger partial charge in [-0.25, -0.2) is 8.42 Å². The lowest BCUT2D eigenvalue weighted by molar-refractivity contribution is -0.130. The standard InChI is InChI=1S/C26H34N2O5S/c1-5-9-21-12-13-25-23(14-21)33-24(19(2)16-28(20(3)18-29)34(25,31)32)17-27(4)26(30)15-22-10-7-6-8-11-22/h5-14,19-20,24,29H,15-18H2,1-4H3/b9-5+/t19-,20-,24+/m1/s1. The first kappa shape index (κ1) is 25.9. The van der Waals surface area contributed by atoms with Crippen molar-refractivity contribution in [3.63, 3.8) is 0 Å². The number of carbonyl (C=O) groups excluding carboxylic acids is 1. The summed E-state index contributed by atoms with van der Waals surface area (Å²) in [4.78, 5) is 14.6. The van der Waals surface area contributed by atoms with Crippen LogP contribution < -0.4 is 4.74 Å². The number of likely N-dealkylation sites (N-methyl/N-ethyl adjacent to an activating group) is 1. The van der Waals surface area contributed by atoms with E-state index in [0.29, 0.717) is 6.54 Å². The average Bonchev–Trinajstić information content (AvgIpc) is 2.81. The molecular weight excluding hydrogens is 452 g/mol. The maximum absolute atomic E-state index is 13.5. The molecule has 1 heterocycles. The van der Waals surface area contributed by atoms with Gasteiger partial charge in [-0.2, -0.15) is 4.31 Å². The number of carbonyl (C=O) groups is 1. The fraction of sp³-hybridized carbons (Fsp3) is 0.423. The van der Waals surface area contributed by atoms with Crippen LogP contribution in [0, 0.1) is 5.92 Å². The molecule has 0 spiro atoms. The topological polar surface area (TPSA) is 87.2 Å². The molecule has 0 aliphatic carbocycles. The quantitative estimate of drug-likeness (QED) is 0.650. The minimum absolute atomic E-state index is 0.0415. The molecule has 2 aromatic rings. The van der Waals surface area contributed by atoms with Crippen LogP contribution in [0.5, 0.6) is 5.75 Å². The molecule has 0 aromatic heterocycles. The van der Waals surface area contributed by atoms with Crippen LogP contribution in [0.2, 0.25) is 0 Å². The molecule has 1 amide bonds. The van der Waals surface area contributed by atoms with Crippen LogP contribution in [-0.2, 0) is 21.2 Å². The number of hydrogen-bond acceptors (Lipinski definition) is 5. The van der Waals surface area contributed by atoms with Gasteiger partial charge in [0, 0.05) is 25.6 Å². The normalized spacial score (nSPS) is 21.2. The summed E-state index contributed by atoms with van der Waals surface area (Å²) in [7, 11) is -2.15. The monoisotopic (exact) mass is 486 g/mol. The molecule has 3 rings (SSSR count). The largest absolute Gasteiger partial charge is 0.487 e. The van der Waals surface area contributed by atoms with E-state index in [0.717, 1.165) is 11.1 Å². The Hall–Kier alpha value is -2.68. The minimum atomic E-state index is -3.88. The predicted octanol–water partition coefficient (Wildman–Crippen LogP) is 3.19. The smallest absolute Gasteiger partial charge is 0.247 e. The second-order valence-electron chi connectivity index (χ2n) is 8.88. The van der Waals surface area contributed by atoms with Crippen LogP contribution in [0.25, 0.3) is 6.08 Å². The second-order valence-corrected chi connectivity index (χ2v) is 10.7. The Morgan fingerprint density at radius 2 is 1.97 bits per heavy atom. The molecule has 184 valence electrons. The summed E-state index contributed by atoms with van der Waals surface area (Å²) in [5.74, 6) is -0.0133. The summed E-state index contributed by atoms with van der Waals surface area (Å²) in [5, 5.41) is 9.75. The summed E-state index contributed by atoms with van der Waals surface area (Å²) < 4.78 is 34.6. The number of benzene rings is 2. The highest BCUT2D eigenvalue weighted by Crippen LogP contribution is 2.34. The Kier molecular flexibility index (Phi) is 8.52. The van der Waals surface area contributed by atoms with E-state index in [1.54, 1.807) is 37.1 Å². The molecule has 7 nitrogen and oxygen atoms in total. The van der Waals surface area contributed by atoms with Gasteiger partial charge in [0.1, 0.15) is 16.7 Å². The fourth-order valence-corrected chi connectivity index (χ4v) is 5.86. The van der Waals surface area contributed by atoms with Gasteiger partial charge in [-0.05, 0) is 37.1 Å². The minimum Gasteiger partial charge on any atom is -0.487 e. The fourth-order valence-electron chi connectivity index (χ4n) is 4.03. The van der Waals surface area contributed by atoms with E-state index in [1.807, 2.05) is 56.3 Å². The molecule has 1 aliphatic heterocycles. The summed E-state index contributed by atoms with van der Waals surface area (Å²) in [6.45, 7) is 5.67. The number of sulfonamides is 1. The van der Waals surface area contributed by atoms with Gasteiger partial charge in [0.15, 0.2) is 0 Å². The van der Waals surface area contributed by atoms with Crippen LogP contribution in [0.1, 0.15) is 31.9 Å². The van der Waals surface area contributed by atoms with Crippen LogP contribution in [0.4, 0.5) is 0 Å². The summed E-state index contributed by atoms with van der Waals surface area (Å²) in [5.41, 5.74) is 1.75. The molecule has 1 N–H and O–H groups in total. The van der Waals surface area contributed by atoms with Gasteiger partial charge >= 0.3 is 0 Å². The number of ether oxygens (including phenoxy) is 1. The maximum atomic E-state index is 13.5. The molecule has 0 bridgehead atoms. The van der Waals surface area contributed by atoms with Crippen molar-refractivity contribution in [1.29, 1.82) is 0 Å². The van der Waals surface area contributed by atoms with E-state index >= 15 is 0 Å². The van der Waals surface area contributed by atoms with Gasteiger partial charge < -0.3 is 14.7 Å². The third-order valence-electron chi connectivity index (χ3n) is 6.13. The highest BCUT2D eigenvalue weighted by molar-refractivity contribution is 7.89. The van der Waals surface area contributed by atoms with Gasteiger partial charge in [-0.15, -0.1) is 0 Å². The van der Waals surface area contributed by atoms with Crippen LogP contribution in [0.15, 0.2) is 59.5 Å². The van der Waals surface area contributed by atoms with Gasteiger partial charge in [-0.3, -0.25) is 4.79 Å². The zero-order valence-corrected chi connectivity index (χ0v) is 21.0. The molecule has 0 fully saturated rings. The lowest BCUT2D eigenvalue weighted by Crippen LogP contribution is -2.50. The Morgan fingerprint density at radius 1 is 1.26 bits per heavy atom. The number of aliphatic hydroxyl groups is 1. The highest BCUT2D eigenvalue weighted by atomic mass is 32.2. The first-order valence-corrected chi connectivity index (χ1v) is 12.9. The van der Waals surface area contributed by atoms with E-state index in [4.69, 9.17) is 4.74 Å².